The summed E-state index contributed by atoms with van der Waals surface area (Å²) in [5.41, 5.74) is 8.84. The van der Waals surface area contributed by atoms with Crippen LogP contribution in [0.25, 0.3) is 22.3 Å². The van der Waals surface area contributed by atoms with E-state index in [1.165, 1.54) is 22.3 Å². The number of benzene rings is 5. The molecule has 0 bridgehead atoms. The zero-order valence-corrected chi connectivity index (χ0v) is 19.9. The van der Waals surface area contributed by atoms with Gasteiger partial charge in [0.2, 0.25) is 0 Å². The molecular weight excluding hydrogens is 434 g/mol. The highest BCUT2D eigenvalue weighted by Crippen LogP contribution is 2.38. The Hall–Kier alpha value is -4.98. The molecule has 1 heteroatoms. The molecule has 1 nitrogen and oxygen atoms in total. The summed E-state index contributed by atoms with van der Waals surface area (Å²) >= 11 is 0. The molecule has 0 N–H and O–H groups in total. The summed E-state index contributed by atoms with van der Waals surface area (Å²) in [5, 5.41) is 0. The van der Waals surface area contributed by atoms with Crippen molar-refractivity contribution in [2.75, 3.05) is 4.90 Å². The fraction of sp³-hybridized carbons (Fsp3) is 0.0286. The number of hydrogen-bond donors (Lipinski definition) is 0. The largest absolute Gasteiger partial charge is 0.309 e. The standard InChI is InChI=1S/C35H25N/c1-2-3-6-17-32-18-11-12-19-35(32)36(33-24-20-30(21-25-33)28-13-7-4-8-14-28)34-26-22-31(23-27-34)29-15-9-5-10-16-29/h1,4-5,7-16,18-27H,3H2. The average molecular weight is 460 g/mol. The Morgan fingerprint density at radius 2 is 0.944 bits per heavy atom. The van der Waals surface area contributed by atoms with E-state index in [-0.39, 0.29) is 0 Å². The predicted molar refractivity (Wildman–Crippen MR) is 152 cm³/mol. The molecule has 0 aromatic heterocycles. The van der Waals surface area contributed by atoms with E-state index in [0.717, 1.165) is 22.6 Å². The molecule has 170 valence electrons. The fourth-order valence-electron chi connectivity index (χ4n) is 4.26. The summed E-state index contributed by atoms with van der Waals surface area (Å²) in [6.45, 7) is 0. The van der Waals surface area contributed by atoms with Crippen molar-refractivity contribution in [3.63, 3.8) is 0 Å². The minimum absolute atomic E-state index is 0.422. The van der Waals surface area contributed by atoms with Gasteiger partial charge in [0.15, 0.2) is 0 Å². The van der Waals surface area contributed by atoms with Gasteiger partial charge in [-0.15, -0.1) is 6.42 Å². The molecule has 0 fully saturated rings. The van der Waals surface area contributed by atoms with Crippen LogP contribution in [0.15, 0.2) is 133 Å². The third-order valence-corrected chi connectivity index (χ3v) is 6.02. The molecule has 5 aromatic carbocycles. The van der Waals surface area contributed by atoms with Gasteiger partial charge in [0.1, 0.15) is 0 Å². The second-order valence-corrected chi connectivity index (χ2v) is 8.36. The molecule has 0 amide bonds. The summed E-state index contributed by atoms with van der Waals surface area (Å²) in [6, 6.07) is 46.4. The SMILES string of the molecule is C#CCC#Cc1ccccc1N(c1ccc(-c2ccccc2)cc1)c1ccc(-c2ccccc2)cc1. The monoisotopic (exact) mass is 459 g/mol. The maximum Gasteiger partial charge on any atom is 0.0703 e. The maximum absolute atomic E-state index is 5.43. The molecule has 0 saturated heterocycles. The molecular formula is C35H25N. The number of anilines is 3. The predicted octanol–water partition coefficient (Wildman–Crippen LogP) is 8.87. The Labute approximate surface area is 213 Å². The fourth-order valence-corrected chi connectivity index (χ4v) is 4.26. The molecule has 5 rings (SSSR count). The lowest BCUT2D eigenvalue weighted by atomic mass is 10.0. The second-order valence-electron chi connectivity index (χ2n) is 8.36. The van der Waals surface area contributed by atoms with E-state index in [4.69, 9.17) is 6.42 Å². The molecule has 36 heavy (non-hydrogen) atoms. The van der Waals surface area contributed by atoms with Crippen LogP contribution in [0.3, 0.4) is 0 Å². The Balaban J connectivity index is 1.59. The molecule has 0 spiro atoms. The van der Waals surface area contributed by atoms with Crippen LogP contribution in [0.4, 0.5) is 17.1 Å². The van der Waals surface area contributed by atoms with Crippen molar-refractivity contribution in [3.05, 3.63) is 139 Å². The third kappa shape index (κ3) is 5.07. The summed E-state index contributed by atoms with van der Waals surface area (Å²) in [7, 11) is 0. The van der Waals surface area contributed by atoms with E-state index in [0.29, 0.717) is 6.42 Å². The van der Waals surface area contributed by atoms with E-state index in [1.54, 1.807) is 0 Å². The first-order valence-corrected chi connectivity index (χ1v) is 12.0. The molecule has 0 unspecified atom stereocenters. The van der Waals surface area contributed by atoms with Crippen molar-refractivity contribution in [3.8, 4) is 46.4 Å². The summed E-state index contributed by atoms with van der Waals surface area (Å²) in [4.78, 5) is 2.25. The molecule has 0 saturated carbocycles. The lowest BCUT2D eigenvalue weighted by Crippen LogP contribution is -2.11. The van der Waals surface area contributed by atoms with E-state index in [1.807, 2.05) is 30.3 Å². The number of nitrogens with zero attached hydrogens (tertiary/aromatic N) is 1. The van der Waals surface area contributed by atoms with Crippen molar-refractivity contribution in [2.45, 2.75) is 6.42 Å². The molecule has 0 radical (unpaired) electrons. The van der Waals surface area contributed by atoms with Gasteiger partial charge < -0.3 is 4.90 Å². The van der Waals surface area contributed by atoms with Crippen molar-refractivity contribution in [1.29, 1.82) is 0 Å². The summed E-state index contributed by atoms with van der Waals surface area (Å²) in [6.07, 6.45) is 5.86. The lowest BCUT2D eigenvalue weighted by molar-refractivity contribution is 1.27. The van der Waals surface area contributed by atoms with Crippen molar-refractivity contribution >= 4 is 17.1 Å². The van der Waals surface area contributed by atoms with Crippen LogP contribution in [-0.2, 0) is 0 Å². The highest BCUT2D eigenvalue weighted by atomic mass is 15.1. The normalized spacial score (nSPS) is 10.1. The topological polar surface area (TPSA) is 3.24 Å². The Morgan fingerprint density at radius 1 is 0.500 bits per heavy atom. The van der Waals surface area contributed by atoms with Gasteiger partial charge in [0.05, 0.1) is 12.1 Å². The third-order valence-electron chi connectivity index (χ3n) is 6.02. The minimum Gasteiger partial charge on any atom is -0.309 e. The highest BCUT2D eigenvalue weighted by Gasteiger charge is 2.15. The smallest absolute Gasteiger partial charge is 0.0703 e. The van der Waals surface area contributed by atoms with Crippen LogP contribution in [0.5, 0.6) is 0 Å². The van der Waals surface area contributed by atoms with Crippen LogP contribution in [0.1, 0.15) is 12.0 Å². The first-order chi connectivity index (χ1) is 17.8. The van der Waals surface area contributed by atoms with Gasteiger partial charge in [0.25, 0.3) is 0 Å². The Bertz CT molecular complexity index is 1450. The average Bonchev–Trinajstić information content (AvgIpc) is 2.96. The van der Waals surface area contributed by atoms with Crippen molar-refractivity contribution in [2.24, 2.45) is 0 Å². The number of terminal acetylenes is 1. The molecule has 0 atom stereocenters. The quantitative estimate of drug-likeness (QED) is 0.237. The first kappa shape index (κ1) is 22.8. The van der Waals surface area contributed by atoms with Gasteiger partial charge in [-0.25, -0.2) is 0 Å². The van der Waals surface area contributed by atoms with Crippen LogP contribution < -0.4 is 4.90 Å². The molecule has 0 aliphatic rings. The van der Waals surface area contributed by atoms with Gasteiger partial charge in [-0.05, 0) is 58.7 Å². The van der Waals surface area contributed by atoms with Crippen LogP contribution in [0, 0.1) is 24.2 Å². The number of hydrogen-bond acceptors (Lipinski definition) is 1. The minimum atomic E-state index is 0.422. The molecule has 0 aliphatic carbocycles. The molecule has 0 aliphatic heterocycles. The highest BCUT2D eigenvalue weighted by molar-refractivity contribution is 5.82. The van der Waals surface area contributed by atoms with Gasteiger partial charge in [-0.2, -0.15) is 0 Å². The Kier molecular flexibility index (Phi) is 6.94. The van der Waals surface area contributed by atoms with Crippen molar-refractivity contribution < 1.29 is 0 Å². The van der Waals surface area contributed by atoms with Crippen LogP contribution in [-0.4, -0.2) is 0 Å². The number of para-hydroxylation sites is 1. The van der Waals surface area contributed by atoms with Crippen LogP contribution in [0.2, 0.25) is 0 Å². The zero-order valence-electron chi connectivity index (χ0n) is 19.9. The van der Waals surface area contributed by atoms with Gasteiger partial charge in [-0.1, -0.05) is 115 Å². The van der Waals surface area contributed by atoms with Gasteiger partial charge >= 0.3 is 0 Å². The molecule has 0 heterocycles. The molecule has 5 aromatic rings. The van der Waals surface area contributed by atoms with E-state index in [2.05, 4.69) is 126 Å². The van der Waals surface area contributed by atoms with Crippen molar-refractivity contribution in [1.82, 2.24) is 0 Å². The zero-order chi connectivity index (χ0) is 24.6. The summed E-state index contributed by atoms with van der Waals surface area (Å²) < 4.78 is 0. The first-order valence-electron chi connectivity index (χ1n) is 12.0. The van der Waals surface area contributed by atoms with Gasteiger partial charge in [-0.3, -0.25) is 0 Å². The van der Waals surface area contributed by atoms with E-state index < -0.39 is 0 Å². The maximum atomic E-state index is 5.43. The van der Waals surface area contributed by atoms with Gasteiger partial charge in [0, 0.05) is 16.9 Å². The summed E-state index contributed by atoms with van der Waals surface area (Å²) in [5.74, 6) is 8.98. The van der Waals surface area contributed by atoms with E-state index in [9.17, 15) is 0 Å². The van der Waals surface area contributed by atoms with Crippen LogP contribution >= 0.6 is 0 Å². The Morgan fingerprint density at radius 3 is 1.44 bits per heavy atom. The van der Waals surface area contributed by atoms with E-state index >= 15 is 0 Å². The number of rotatable bonds is 5. The lowest BCUT2D eigenvalue weighted by Gasteiger charge is -2.27. The second kappa shape index (κ2) is 11.0.